The molecule has 1 fully saturated rings. The van der Waals surface area contributed by atoms with Crippen LogP contribution in [0.1, 0.15) is 5.82 Å². The van der Waals surface area contributed by atoms with E-state index in [0.29, 0.717) is 6.54 Å². The Morgan fingerprint density at radius 3 is 2.89 bits per heavy atom. The van der Waals surface area contributed by atoms with Crippen molar-refractivity contribution >= 4 is 16.7 Å². The van der Waals surface area contributed by atoms with Crippen LogP contribution in [0.25, 0.3) is 11.0 Å². The number of nitrogens with one attached hydrogen (secondary N) is 1. The molecule has 1 aromatic carbocycles. The Labute approximate surface area is 112 Å². The molecule has 102 valence electrons. The second-order valence-corrected chi connectivity index (χ2v) is 5.47. The Hall–Kier alpha value is -1.59. The van der Waals surface area contributed by atoms with E-state index in [2.05, 4.69) is 33.1 Å². The van der Waals surface area contributed by atoms with Gasteiger partial charge in [0.05, 0.1) is 24.2 Å². The Balaban J connectivity index is 1.78. The van der Waals surface area contributed by atoms with Crippen molar-refractivity contribution in [3.63, 3.8) is 0 Å². The van der Waals surface area contributed by atoms with E-state index in [9.17, 15) is 0 Å². The van der Waals surface area contributed by atoms with Crippen LogP contribution in [0.5, 0.6) is 0 Å². The van der Waals surface area contributed by atoms with Gasteiger partial charge in [-0.05, 0) is 25.1 Å². The van der Waals surface area contributed by atoms with Crippen LogP contribution in [0.2, 0.25) is 0 Å². The van der Waals surface area contributed by atoms with Gasteiger partial charge in [-0.15, -0.1) is 0 Å². The Kier molecular flexibility index (Phi) is 2.95. The van der Waals surface area contributed by atoms with Crippen molar-refractivity contribution in [3.8, 4) is 0 Å². The summed E-state index contributed by atoms with van der Waals surface area (Å²) in [4.78, 5) is 4.55. The summed E-state index contributed by atoms with van der Waals surface area (Å²) in [6.07, 6.45) is 0. The van der Waals surface area contributed by atoms with E-state index in [1.807, 2.05) is 14.0 Å². The maximum atomic E-state index is 5.81. The molecule has 0 atom stereocenters. The molecule has 1 aliphatic rings. The normalized spacial score (nSPS) is 17.4. The number of hydrogen-bond acceptors (Lipinski definition) is 4. The number of hydrogen-bond donors (Lipinski definition) is 2. The monoisotopic (exact) mass is 260 g/mol. The summed E-state index contributed by atoms with van der Waals surface area (Å²) < 4.78 is 7.37. The van der Waals surface area contributed by atoms with Gasteiger partial charge >= 0.3 is 0 Å². The summed E-state index contributed by atoms with van der Waals surface area (Å²) in [7, 11) is 2.03. The number of nitrogens with zero attached hydrogens (tertiary/aromatic N) is 2. The molecule has 2 heterocycles. The van der Waals surface area contributed by atoms with Crippen molar-refractivity contribution in [1.29, 1.82) is 0 Å². The first-order valence-corrected chi connectivity index (χ1v) is 6.58. The minimum atomic E-state index is 0.106. The molecule has 0 unspecified atom stereocenters. The van der Waals surface area contributed by atoms with E-state index in [1.165, 1.54) is 0 Å². The quantitative estimate of drug-likeness (QED) is 0.869. The van der Waals surface area contributed by atoms with Crippen molar-refractivity contribution in [2.45, 2.75) is 6.92 Å². The van der Waals surface area contributed by atoms with Gasteiger partial charge in [-0.2, -0.15) is 0 Å². The minimum absolute atomic E-state index is 0.106. The Morgan fingerprint density at radius 2 is 2.26 bits per heavy atom. The zero-order valence-electron chi connectivity index (χ0n) is 11.4. The highest BCUT2D eigenvalue weighted by Gasteiger charge is 2.36. The number of aromatic nitrogens is 2. The first-order chi connectivity index (χ1) is 9.13. The van der Waals surface area contributed by atoms with Crippen LogP contribution in [0.15, 0.2) is 18.2 Å². The number of anilines is 1. The van der Waals surface area contributed by atoms with Gasteiger partial charge in [0, 0.05) is 31.2 Å². The molecule has 0 amide bonds. The molecule has 1 aliphatic heterocycles. The van der Waals surface area contributed by atoms with Crippen molar-refractivity contribution in [2.24, 2.45) is 18.2 Å². The van der Waals surface area contributed by atoms with E-state index in [0.717, 1.165) is 42.3 Å². The largest absolute Gasteiger partial charge is 0.384 e. The number of rotatable bonds is 4. The lowest BCUT2D eigenvalue weighted by Crippen LogP contribution is -2.52. The Morgan fingerprint density at radius 1 is 1.47 bits per heavy atom. The van der Waals surface area contributed by atoms with Crippen molar-refractivity contribution < 1.29 is 4.74 Å². The molecule has 5 heteroatoms. The van der Waals surface area contributed by atoms with E-state index >= 15 is 0 Å². The van der Waals surface area contributed by atoms with Crippen molar-refractivity contribution in [1.82, 2.24) is 9.55 Å². The average molecular weight is 260 g/mol. The lowest BCUT2D eigenvalue weighted by Gasteiger charge is -2.40. The second-order valence-electron chi connectivity index (χ2n) is 5.47. The third-order valence-corrected chi connectivity index (χ3v) is 4.02. The highest BCUT2D eigenvalue weighted by molar-refractivity contribution is 5.80. The number of fused-ring (bicyclic) bond motifs is 1. The van der Waals surface area contributed by atoms with Crippen LogP contribution in [0, 0.1) is 12.3 Å². The zero-order valence-corrected chi connectivity index (χ0v) is 11.4. The number of ether oxygens (including phenoxy) is 1. The minimum Gasteiger partial charge on any atom is -0.384 e. The fraction of sp³-hybridized carbons (Fsp3) is 0.500. The first-order valence-electron chi connectivity index (χ1n) is 6.58. The first kappa shape index (κ1) is 12.4. The number of benzene rings is 1. The topological polar surface area (TPSA) is 65.1 Å². The van der Waals surface area contributed by atoms with Crippen LogP contribution in [0.3, 0.4) is 0 Å². The van der Waals surface area contributed by atoms with Crippen LogP contribution >= 0.6 is 0 Å². The number of imidazole rings is 1. The predicted molar refractivity (Wildman–Crippen MR) is 76.2 cm³/mol. The van der Waals surface area contributed by atoms with Gasteiger partial charge in [0.2, 0.25) is 0 Å². The summed E-state index contributed by atoms with van der Waals surface area (Å²) in [5, 5.41) is 3.45. The van der Waals surface area contributed by atoms with Gasteiger partial charge in [0.1, 0.15) is 5.82 Å². The van der Waals surface area contributed by atoms with E-state index in [-0.39, 0.29) is 5.41 Å². The lowest BCUT2D eigenvalue weighted by atomic mass is 9.86. The van der Waals surface area contributed by atoms with Crippen LogP contribution in [-0.2, 0) is 11.8 Å². The molecular weight excluding hydrogens is 240 g/mol. The lowest BCUT2D eigenvalue weighted by molar-refractivity contribution is -0.0979. The van der Waals surface area contributed by atoms with E-state index < -0.39 is 0 Å². The Bertz CT molecular complexity index is 595. The summed E-state index contributed by atoms with van der Waals surface area (Å²) >= 11 is 0. The van der Waals surface area contributed by atoms with Crippen molar-refractivity contribution in [3.05, 3.63) is 24.0 Å². The molecule has 0 aliphatic carbocycles. The molecule has 3 N–H and O–H groups in total. The van der Waals surface area contributed by atoms with Crippen LogP contribution < -0.4 is 11.1 Å². The summed E-state index contributed by atoms with van der Waals surface area (Å²) in [5.74, 6) is 1.03. The molecule has 0 saturated carbocycles. The molecule has 3 rings (SSSR count). The highest BCUT2D eigenvalue weighted by atomic mass is 16.5. The van der Waals surface area contributed by atoms with E-state index in [1.54, 1.807) is 0 Å². The van der Waals surface area contributed by atoms with Gasteiger partial charge in [0.25, 0.3) is 0 Å². The predicted octanol–water partition coefficient (Wildman–Crippen LogP) is 1.27. The molecule has 1 aromatic heterocycles. The van der Waals surface area contributed by atoms with Gasteiger partial charge in [-0.25, -0.2) is 4.98 Å². The fourth-order valence-corrected chi connectivity index (χ4v) is 2.40. The summed E-state index contributed by atoms with van der Waals surface area (Å²) in [5.41, 5.74) is 9.19. The maximum absolute atomic E-state index is 5.81. The molecule has 0 radical (unpaired) electrons. The average Bonchev–Trinajstić information content (AvgIpc) is 2.64. The molecule has 2 aromatic rings. The van der Waals surface area contributed by atoms with Crippen molar-refractivity contribution in [2.75, 3.05) is 31.6 Å². The number of aryl methyl sites for hydroxylation is 2. The summed E-state index contributed by atoms with van der Waals surface area (Å²) in [6, 6.07) is 6.28. The second kappa shape index (κ2) is 4.51. The third-order valence-electron chi connectivity index (χ3n) is 4.02. The molecule has 5 nitrogen and oxygen atoms in total. The van der Waals surface area contributed by atoms with Crippen LogP contribution in [0.4, 0.5) is 5.69 Å². The third kappa shape index (κ3) is 2.09. The molecule has 0 bridgehead atoms. The van der Waals surface area contributed by atoms with Gasteiger partial charge < -0.3 is 20.4 Å². The summed E-state index contributed by atoms with van der Waals surface area (Å²) in [6.45, 7) is 5.02. The smallest absolute Gasteiger partial charge is 0.106 e. The molecule has 1 saturated heterocycles. The highest BCUT2D eigenvalue weighted by Crippen LogP contribution is 2.27. The molecule has 0 spiro atoms. The van der Waals surface area contributed by atoms with Gasteiger partial charge in [0.15, 0.2) is 0 Å². The molecule has 19 heavy (non-hydrogen) atoms. The standard InChI is InChI=1S/C14H20N4O/c1-10-17-12-5-11(3-4-13(12)18(10)2)16-7-14(6-15)8-19-9-14/h3-5,16H,6-9,15H2,1-2H3. The zero-order chi connectivity index (χ0) is 13.5. The maximum Gasteiger partial charge on any atom is 0.106 e. The van der Waals surface area contributed by atoms with Crippen LogP contribution in [-0.4, -0.2) is 35.9 Å². The number of nitrogens with two attached hydrogens (primary N) is 1. The van der Waals surface area contributed by atoms with E-state index in [4.69, 9.17) is 10.5 Å². The fourth-order valence-electron chi connectivity index (χ4n) is 2.40. The SMILES string of the molecule is Cc1nc2cc(NCC3(CN)COC3)ccc2n1C. The van der Waals surface area contributed by atoms with Gasteiger partial charge in [-0.1, -0.05) is 0 Å². The van der Waals surface area contributed by atoms with Gasteiger partial charge in [-0.3, -0.25) is 0 Å². The molecular formula is C14H20N4O.